The molecule has 0 spiro atoms. The van der Waals surface area contributed by atoms with Gasteiger partial charge in [-0.25, -0.2) is 9.97 Å². The van der Waals surface area contributed by atoms with E-state index < -0.39 is 0 Å². The highest BCUT2D eigenvalue weighted by Gasteiger charge is 2.18. The third-order valence-corrected chi connectivity index (χ3v) is 5.97. The van der Waals surface area contributed by atoms with Gasteiger partial charge in [-0.3, -0.25) is 0 Å². The average molecular weight is 420 g/mol. The summed E-state index contributed by atoms with van der Waals surface area (Å²) in [5.41, 5.74) is 4.74. The normalized spacial score (nSPS) is 11.1. The Morgan fingerprint density at radius 2 is 1.43 bits per heavy atom. The molecule has 0 unspecified atom stereocenters. The third kappa shape index (κ3) is 4.36. The van der Waals surface area contributed by atoms with E-state index in [1.54, 1.807) is 31.9 Å². The van der Waals surface area contributed by atoms with Crippen LogP contribution < -0.4 is 4.90 Å². The molecule has 2 aromatic carbocycles. The van der Waals surface area contributed by atoms with E-state index in [1.165, 1.54) is 11.1 Å². The highest BCUT2D eigenvalue weighted by molar-refractivity contribution is 7.17. The lowest BCUT2D eigenvalue weighted by atomic mass is 10.0. The molecule has 4 rings (SSSR count). The molecule has 6 heteroatoms. The molecule has 0 N–H and O–H groups in total. The summed E-state index contributed by atoms with van der Waals surface area (Å²) in [7, 11) is 3.43. The van der Waals surface area contributed by atoms with Crippen LogP contribution in [0.2, 0.25) is 0 Å². The molecule has 0 aliphatic heterocycles. The van der Waals surface area contributed by atoms with Gasteiger partial charge in [0.25, 0.3) is 0 Å². The number of aromatic nitrogens is 2. The van der Waals surface area contributed by atoms with Crippen LogP contribution in [0.1, 0.15) is 0 Å². The van der Waals surface area contributed by atoms with Crippen molar-refractivity contribution in [2.24, 2.45) is 0 Å². The molecule has 0 amide bonds. The first kappa shape index (κ1) is 20.5. The Hall–Kier alpha value is -2.80. The number of thiophene rings is 1. The van der Waals surface area contributed by atoms with Gasteiger partial charge < -0.3 is 14.4 Å². The molecule has 0 bridgehead atoms. The van der Waals surface area contributed by atoms with Gasteiger partial charge in [-0.15, -0.1) is 11.3 Å². The summed E-state index contributed by atoms with van der Waals surface area (Å²) in [6, 6.07) is 19.1. The minimum absolute atomic E-state index is 0.625. The topological polar surface area (TPSA) is 47.5 Å². The number of ether oxygens (including phenoxy) is 2. The molecule has 154 valence electrons. The molecule has 0 saturated heterocycles. The largest absolute Gasteiger partial charge is 0.383 e. The van der Waals surface area contributed by atoms with Crippen molar-refractivity contribution in [2.45, 2.75) is 0 Å². The predicted octanol–water partition coefficient (Wildman–Crippen LogP) is 5.12. The van der Waals surface area contributed by atoms with Crippen LogP contribution in [-0.2, 0) is 9.47 Å². The van der Waals surface area contributed by atoms with Crippen LogP contribution in [0.3, 0.4) is 0 Å². The molecule has 0 aliphatic rings. The van der Waals surface area contributed by atoms with Crippen molar-refractivity contribution in [1.29, 1.82) is 0 Å². The summed E-state index contributed by atoms with van der Waals surface area (Å²) in [6.45, 7) is 2.74. The monoisotopic (exact) mass is 419 g/mol. The van der Waals surface area contributed by atoms with Gasteiger partial charge in [0.1, 0.15) is 17.0 Å². The zero-order valence-electron chi connectivity index (χ0n) is 17.2. The summed E-state index contributed by atoms with van der Waals surface area (Å²) in [5.74, 6) is 0.928. The van der Waals surface area contributed by atoms with Crippen molar-refractivity contribution >= 4 is 27.4 Å². The summed E-state index contributed by atoms with van der Waals surface area (Å²) < 4.78 is 10.6. The van der Waals surface area contributed by atoms with Gasteiger partial charge in [0.2, 0.25) is 0 Å². The number of nitrogens with zero attached hydrogens (tertiary/aromatic N) is 3. The maximum atomic E-state index is 5.31. The lowest BCUT2D eigenvalue weighted by molar-refractivity contribution is 0.190. The number of fused-ring (bicyclic) bond motifs is 1. The predicted molar refractivity (Wildman–Crippen MR) is 124 cm³/mol. The Bertz CT molecular complexity index is 1070. The Balaban J connectivity index is 1.73. The van der Waals surface area contributed by atoms with Crippen LogP contribution in [0.15, 0.2) is 66.3 Å². The van der Waals surface area contributed by atoms with Crippen LogP contribution in [0, 0.1) is 0 Å². The molecule has 5 nitrogen and oxygen atoms in total. The number of hydrogen-bond acceptors (Lipinski definition) is 6. The van der Waals surface area contributed by atoms with Crippen LogP contribution in [0.4, 0.5) is 5.82 Å². The molecular weight excluding hydrogens is 394 g/mol. The second-order valence-electron chi connectivity index (χ2n) is 6.94. The third-order valence-electron chi connectivity index (χ3n) is 5.08. The fourth-order valence-electron chi connectivity index (χ4n) is 3.51. The van der Waals surface area contributed by atoms with Gasteiger partial charge in [-0.05, 0) is 16.7 Å². The van der Waals surface area contributed by atoms with E-state index in [1.807, 2.05) is 6.07 Å². The second kappa shape index (κ2) is 9.80. The van der Waals surface area contributed by atoms with E-state index in [2.05, 4.69) is 68.8 Å². The van der Waals surface area contributed by atoms with Gasteiger partial charge >= 0.3 is 0 Å². The van der Waals surface area contributed by atoms with Crippen molar-refractivity contribution in [3.05, 3.63) is 66.3 Å². The van der Waals surface area contributed by atoms with Crippen molar-refractivity contribution in [3.8, 4) is 22.3 Å². The lowest BCUT2D eigenvalue weighted by Gasteiger charge is -2.24. The van der Waals surface area contributed by atoms with Crippen molar-refractivity contribution in [1.82, 2.24) is 9.97 Å². The van der Waals surface area contributed by atoms with Crippen molar-refractivity contribution in [2.75, 3.05) is 45.4 Å². The number of methoxy groups -OCH3 is 2. The van der Waals surface area contributed by atoms with Gasteiger partial charge in [0, 0.05) is 38.3 Å². The molecule has 2 aromatic heterocycles. The van der Waals surface area contributed by atoms with Crippen LogP contribution >= 0.6 is 11.3 Å². The first-order chi connectivity index (χ1) is 14.8. The summed E-state index contributed by atoms with van der Waals surface area (Å²) in [4.78, 5) is 12.4. The number of anilines is 1. The van der Waals surface area contributed by atoms with Crippen molar-refractivity contribution in [3.63, 3.8) is 0 Å². The first-order valence-corrected chi connectivity index (χ1v) is 10.8. The van der Waals surface area contributed by atoms with E-state index in [9.17, 15) is 0 Å². The summed E-state index contributed by atoms with van der Waals surface area (Å²) in [5, 5.41) is 3.26. The zero-order valence-corrected chi connectivity index (χ0v) is 18.1. The van der Waals surface area contributed by atoms with Gasteiger partial charge in [0.15, 0.2) is 0 Å². The Morgan fingerprint density at radius 3 is 2.10 bits per heavy atom. The molecule has 2 heterocycles. The van der Waals surface area contributed by atoms with Crippen LogP contribution in [-0.4, -0.2) is 50.5 Å². The van der Waals surface area contributed by atoms with Gasteiger partial charge in [0.05, 0.1) is 18.6 Å². The Labute approximate surface area is 180 Å². The van der Waals surface area contributed by atoms with Crippen LogP contribution in [0.25, 0.3) is 32.5 Å². The minimum Gasteiger partial charge on any atom is -0.383 e. The molecule has 0 radical (unpaired) electrons. The van der Waals surface area contributed by atoms with E-state index >= 15 is 0 Å². The molecule has 0 saturated carbocycles. The molecule has 30 heavy (non-hydrogen) atoms. The molecular formula is C24H25N3O2S. The van der Waals surface area contributed by atoms with Gasteiger partial charge in [-0.2, -0.15) is 0 Å². The summed E-state index contributed by atoms with van der Waals surface area (Å²) >= 11 is 1.65. The SMILES string of the molecule is COCCN(CCOC)c1ncnc2scc(-c3ccc(-c4ccccc4)cc3)c12. The van der Waals surface area contributed by atoms with E-state index in [0.29, 0.717) is 13.2 Å². The van der Waals surface area contributed by atoms with E-state index in [-0.39, 0.29) is 0 Å². The quantitative estimate of drug-likeness (QED) is 0.377. The van der Waals surface area contributed by atoms with Crippen molar-refractivity contribution < 1.29 is 9.47 Å². The van der Waals surface area contributed by atoms with Gasteiger partial charge in [-0.1, -0.05) is 54.6 Å². The number of hydrogen-bond donors (Lipinski definition) is 0. The minimum atomic E-state index is 0.625. The Morgan fingerprint density at radius 1 is 0.800 bits per heavy atom. The maximum absolute atomic E-state index is 5.31. The smallest absolute Gasteiger partial charge is 0.141 e. The highest BCUT2D eigenvalue weighted by atomic mass is 32.1. The lowest BCUT2D eigenvalue weighted by Crippen LogP contribution is -2.31. The zero-order chi connectivity index (χ0) is 20.8. The number of rotatable bonds is 9. The fourth-order valence-corrected chi connectivity index (χ4v) is 4.42. The fraction of sp³-hybridized carbons (Fsp3) is 0.250. The molecule has 0 atom stereocenters. The summed E-state index contributed by atoms with van der Waals surface area (Å²) in [6.07, 6.45) is 1.64. The molecule has 4 aromatic rings. The first-order valence-electron chi connectivity index (χ1n) is 9.92. The highest BCUT2D eigenvalue weighted by Crippen LogP contribution is 2.38. The molecule has 0 aliphatic carbocycles. The van der Waals surface area contributed by atoms with E-state index in [4.69, 9.17) is 9.47 Å². The Kier molecular flexibility index (Phi) is 6.69. The number of benzene rings is 2. The van der Waals surface area contributed by atoms with E-state index in [0.717, 1.165) is 40.3 Å². The standard InChI is InChI=1S/C24H25N3O2S/c1-28-14-12-27(13-15-29-2)23-22-21(16-30-24(22)26-17-25-23)20-10-8-19(9-11-20)18-6-4-3-5-7-18/h3-11,16-17H,12-15H2,1-2H3. The average Bonchev–Trinajstić information content (AvgIpc) is 3.24. The van der Waals surface area contributed by atoms with Crippen LogP contribution in [0.5, 0.6) is 0 Å². The maximum Gasteiger partial charge on any atom is 0.141 e. The molecule has 0 fully saturated rings. The second-order valence-corrected chi connectivity index (χ2v) is 7.80.